The molecule has 2 fully saturated rings. The number of rotatable bonds is 6. The number of β-amino-alcohol motifs (C(OH)–C–C–N with tert-alkyl or cyclic N) is 1. The molecule has 2 N–H and O–H groups in total. The van der Waals surface area contributed by atoms with E-state index < -0.39 is 0 Å². The largest absolute Gasteiger partial charge is 0.390 e. The molecule has 2 heterocycles. The minimum Gasteiger partial charge on any atom is -0.390 e. The van der Waals surface area contributed by atoms with Gasteiger partial charge in [-0.25, -0.2) is 0 Å². The normalized spacial score (nSPS) is 25.2. The van der Waals surface area contributed by atoms with E-state index in [2.05, 4.69) is 10.2 Å². The fourth-order valence-electron chi connectivity index (χ4n) is 2.73. The average Bonchev–Trinajstić information content (AvgIpc) is 2.83. The van der Waals surface area contributed by atoms with Gasteiger partial charge in [-0.3, -0.25) is 0 Å². The van der Waals surface area contributed by atoms with Crippen molar-refractivity contribution in [1.82, 2.24) is 10.2 Å². The zero-order valence-electron chi connectivity index (χ0n) is 10.7. The van der Waals surface area contributed by atoms with E-state index in [9.17, 15) is 5.11 Å². The van der Waals surface area contributed by atoms with Crippen molar-refractivity contribution < 1.29 is 9.84 Å². The molecular formula is C13H26N2O2. The second kappa shape index (κ2) is 7.31. The lowest BCUT2D eigenvalue weighted by Crippen LogP contribution is -2.39. The van der Waals surface area contributed by atoms with Crippen molar-refractivity contribution in [2.45, 2.75) is 31.8 Å². The lowest BCUT2D eigenvalue weighted by molar-refractivity contribution is 0.0639. The van der Waals surface area contributed by atoms with Crippen LogP contribution in [0.1, 0.15) is 25.7 Å². The van der Waals surface area contributed by atoms with Crippen LogP contribution in [0.5, 0.6) is 0 Å². The minimum atomic E-state index is -0.215. The molecule has 2 saturated heterocycles. The first-order chi connectivity index (χ1) is 8.34. The molecule has 0 spiro atoms. The Morgan fingerprint density at radius 1 is 1.24 bits per heavy atom. The average molecular weight is 242 g/mol. The highest BCUT2D eigenvalue weighted by Gasteiger charge is 2.17. The first-order valence-corrected chi connectivity index (χ1v) is 7.03. The molecule has 2 aliphatic rings. The summed E-state index contributed by atoms with van der Waals surface area (Å²) in [5.41, 5.74) is 0. The van der Waals surface area contributed by atoms with Gasteiger partial charge in [-0.05, 0) is 51.2 Å². The Morgan fingerprint density at radius 3 is 2.65 bits per heavy atom. The molecule has 1 atom stereocenters. The van der Waals surface area contributed by atoms with Crippen LogP contribution in [0.2, 0.25) is 0 Å². The summed E-state index contributed by atoms with van der Waals surface area (Å²) in [7, 11) is 0. The summed E-state index contributed by atoms with van der Waals surface area (Å²) >= 11 is 0. The zero-order valence-corrected chi connectivity index (χ0v) is 10.7. The lowest BCUT2D eigenvalue weighted by atomic mass is 10.0. The van der Waals surface area contributed by atoms with Gasteiger partial charge in [0.05, 0.1) is 6.10 Å². The summed E-state index contributed by atoms with van der Waals surface area (Å²) in [6, 6.07) is 0. The van der Waals surface area contributed by atoms with Gasteiger partial charge in [0, 0.05) is 26.3 Å². The second-order valence-corrected chi connectivity index (χ2v) is 5.38. The lowest BCUT2D eigenvalue weighted by Gasteiger charge is -2.24. The van der Waals surface area contributed by atoms with Gasteiger partial charge >= 0.3 is 0 Å². The van der Waals surface area contributed by atoms with Gasteiger partial charge in [-0.1, -0.05) is 0 Å². The predicted molar refractivity (Wildman–Crippen MR) is 68.1 cm³/mol. The predicted octanol–water partition coefficient (Wildman–Crippen LogP) is 0.459. The molecule has 0 aromatic carbocycles. The third-order valence-electron chi connectivity index (χ3n) is 3.82. The van der Waals surface area contributed by atoms with Crippen LogP contribution in [0, 0.1) is 5.92 Å². The van der Waals surface area contributed by atoms with Crippen molar-refractivity contribution >= 4 is 0 Å². The van der Waals surface area contributed by atoms with Crippen molar-refractivity contribution in [2.75, 3.05) is 45.9 Å². The third-order valence-corrected chi connectivity index (χ3v) is 3.82. The molecule has 17 heavy (non-hydrogen) atoms. The SMILES string of the molecule is OC(CNCC1CCOCC1)CN1CCCC1. The maximum atomic E-state index is 9.91. The third kappa shape index (κ3) is 4.92. The molecule has 0 aliphatic carbocycles. The number of aliphatic hydroxyl groups is 1. The number of likely N-dealkylation sites (tertiary alicyclic amines) is 1. The molecule has 4 nitrogen and oxygen atoms in total. The topological polar surface area (TPSA) is 44.7 Å². The van der Waals surface area contributed by atoms with Crippen LogP contribution in [0.15, 0.2) is 0 Å². The number of ether oxygens (including phenoxy) is 1. The van der Waals surface area contributed by atoms with Crippen molar-refractivity contribution in [2.24, 2.45) is 5.92 Å². The van der Waals surface area contributed by atoms with Crippen molar-refractivity contribution in [3.8, 4) is 0 Å². The Labute approximate surface area is 104 Å². The molecular weight excluding hydrogens is 216 g/mol. The Balaban J connectivity index is 1.51. The van der Waals surface area contributed by atoms with Gasteiger partial charge in [0.2, 0.25) is 0 Å². The fraction of sp³-hybridized carbons (Fsp3) is 1.00. The van der Waals surface area contributed by atoms with E-state index >= 15 is 0 Å². The van der Waals surface area contributed by atoms with Crippen LogP contribution < -0.4 is 5.32 Å². The van der Waals surface area contributed by atoms with Crippen LogP contribution in [0.3, 0.4) is 0 Å². The van der Waals surface area contributed by atoms with Gasteiger partial charge in [0.25, 0.3) is 0 Å². The number of nitrogens with one attached hydrogen (secondary N) is 1. The quantitative estimate of drug-likeness (QED) is 0.710. The van der Waals surface area contributed by atoms with E-state index in [1.54, 1.807) is 0 Å². The summed E-state index contributed by atoms with van der Waals surface area (Å²) in [6.07, 6.45) is 4.70. The van der Waals surface area contributed by atoms with Gasteiger partial charge in [0.15, 0.2) is 0 Å². The van der Waals surface area contributed by atoms with Crippen molar-refractivity contribution in [1.29, 1.82) is 0 Å². The van der Waals surface area contributed by atoms with Gasteiger partial charge < -0.3 is 20.1 Å². The van der Waals surface area contributed by atoms with Crippen LogP contribution in [0.4, 0.5) is 0 Å². The van der Waals surface area contributed by atoms with Crippen molar-refractivity contribution in [3.05, 3.63) is 0 Å². The molecule has 4 heteroatoms. The highest BCUT2D eigenvalue weighted by molar-refractivity contribution is 4.73. The maximum Gasteiger partial charge on any atom is 0.0791 e. The molecule has 0 aromatic heterocycles. The highest BCUT2D eigenvalue weighted by atomic mass is 16.5. The molecule has 0 radical (unpaired) electrons. The summed E-state index contributed by atoms with van der Waals surface area (Å²) in [6.45, 7) is 6.73. The molecule has 0 bridgehead atoms. The fourth-order valence-corrected chi connectivity index (χ4v) is 2.73. The standard InChI is InChI=1S/C13H26N2O2/c16-13(11-15-5-1-2-6-15)10-14-9-12-3-7-17-8-4-12/h12-14,16H,1-11H2. The summed E-state index contributed by atoms with van der Waals surface area (Å²) in [4.78, 5) is 2.36. The van der Waals surface area contributed by atoms with Crippen molar-refractivity contribution in [3.63, 3.8) is 0 Å². The van der Waals surface area contributed by atoms with Gasteiger partial charge in [0.1, 0.15) is 0 Å². The van der Waals surface area contributed by atoms with E-state index in [4.69, 9.17) is 4.74 Å². The van der Waals surface area contributed by atoms with Crippen LogP contribution in [-0.2, 0) is 4.74 Å². The summed E-state index contributed by atoms with van der Waals surface area (Å²) in [5, 5.41) is 13.3. The van der Waals surface area contributed by atoms with Gasteiger partial charge in [-0.2, -0.15) is 0 Å². The molecule has 2 rings (SSSR count). The minimum absolute atomic E-state index is 0.215. The van der Waals surface area contributed by atoms with E-state index in [0.717, 1.165) is 64.7 Å². The Morgan fingerprint density at radius 2 is 1.94 bits per heavy atom. The maximum absolute atomic E-state index is 9.91. The molecule has 0 aromatic rings. The number of hydrogen-bond donors (Lipinski definition) is 2. The molecule has 1 unspecified atom stereocenters. The zero-order chi connectivity index (χ0) is 11.9. The Hall–Kier alpha value is -0.160. The summed E-state index contributed by atoms with van der Waals surface area (Å²) in [5.74, 6) is 0.739. The first-order valence-electron chi connectivity index (χ1n) is 7.03. The van der Waals surface area contributed by atoms with E-state index in [-0.39, 0.29) is 6.10 Å². The molecule has 0 amide bonds. The van der Waals surface area contributed by atoms with Crippen LogP contribution in [0.25, 0.3) is 0 Å². The van der Waals surface area contributed by atoms with E-state index in [0.29, 0.717) is 0 Å². The monoisotopic (exact) mass is 242 g/mol. The van der Waals surface area contributed by atoms with E-state index in [1.165, 1.54) is 12.8 Å². The van der Waals surface area contributed by atoms with E-state index in [1.807, 2.05) is 0 Å². The Kier molecular flexibility index (Phi) is 5.71. The Bertz CT molecular complexity index is 202. The highest BCUT2D eigenvalue weighted by Crippen LogP contribution is 2.13. The number of nitrogens with zero attached hydrogens (tertiary/aromatic N) is 1. The van der Waals surface area contributed by atoms with Crippen LogP contribution in [-0.4, -0.2) is 62.0 Å². The number of aliphatic hydroxyl groups excluding tert-OH is 1. The first kappa shape index (κ1) is 13.3. The number of hydrogen-bond acceptors (Lipinski definition) is 4. The summed E-state index contributed by atoms with van der Waals surface area (Å²) < 4.78 is 5.33. The van der Waals surface area contributed by atoms with Gasteiger partial charge in [-0.15, -0.1) is 0 Å². The van der Waals surface area contributed by atoms with Crippen LogP contribution >= 0.6 is 0 Å². The second-order valence-electron chi connectivity index (χ2n) is 5.38. The molecule has 2 aliphatic heterocycles. The smallest absolute Gasteiger partial charge is 0.0791 e. The molecule has 0 saturated carbocycles. The molecule has 100 valence electrons.